The van der Waals surface area contributed by atoms with Gasteiger partial charge in [-0.25, -0.2) is 45.6 Å². The summed E-state index contributed by atoms with van der Waals surface area (Å²) in [7, 11) is -6.71. The fourth-order valence-electron chi connectivity index (χ4n) is 6.93. The lowest BCUT2D eigenvalue weighted by molar-refractivity contribution is 0.116. The van der Waals surface area contributed by atoms with Gasteiger partial charge in [0.1, 0.15) is 29.8 Å². The van der Waals surface area contributed by atoms with Crippen molar-refractivity contribution >= 4 is 37.1 Å². The maximum absolute atomic E-state index is 13.5. The highest BCUT2D eigenvalue weighted by atomic mass is 32.2. The zero-order valence-corrected chi connectivity index (χ0v) is 37.3. The zero-order chi connectivity index (χ0) is 47.6. The molecule has 2 unspecified atom stereocenters. The topological polar surface area (TPSA) is 220 Å². The second-order valence-electron chi connectivity index (χ2n) is 15.4. The van der Waals surface area contributed by atoms with E-state index in [1.54, 1.807) is 60.9 Å². The molecular formula is C45H41F4N11O5S2. The number of hydrogen-bond donors (Lipinski definition) is 2. The molecule has 2 N–H and O–H groups in total. The molecular weight excluding hydrogens is 915 g/mol. The van der Waals surface area contributed by atoms with E-state index in [2.05, 4.69) is 55.0 Å². The Morgan fingerprint density at radius 3 is 1.39 bits per heavy atom. The Kier molecular flexibility index (Phi) is 15.2. The zero-order valence-electron chi connectivity index (χ0n) is 35.7. The predicted octanol–water partition coefficient (Wildman–Crippen LogP) is 8.27. The van der Waals surface area contributed by atoms with Crippen molar-refractivity contribution < 1.29 is 38.8 Å². The maximum Gasteiger partial charge on any atom is 0.314 e. The molecule has 0 spiro atoms. The smallest absolute Gasteiger partial charge is 0.314 e. The van der Waals surface area contributed by atoms with Gasteiger partial charge in [0.15, 0.2) is 0 Å². The molecule has 4 heterocycles. The van der Waals surface area contributed by atoms with Crippen LogP contribution in [-0.4, -0.2) is 71.7 Å². The molecule has 346 valence electrons. The molecule has 3 aromatic heterocycles. The minimum Gasteiger partial charge on any atom is -0.415 e. The molecule has 4 aromatic carbocycles. The van der Waals surface area contributed by atoms with Crippen LogP contribution < -0.4 is 9.44 Å². The van der Waals surface area contributed by atoms with Crippen molar-refractivity contribution in [2.75, 3.05) is 28.5 Å². The molecule has 1 aliphatic rings. The molecule has 67 heavy (non-hydrogen) atoms. The lowest BCUT2D eigenvalue weighted by Gasteiger charge is -2.17. The molecule has 8 rings (SSSR count). The number of benzene rings is 4. The average Bonchev–Trinajstić information content (AvgIpc) is 4.02. The number of halogens is 4. The van der Waals surface area contributed by atoms with Gasteiger partial charge in [-0.2, -0.15) is 13.9 Å². The summed E-state index contributed by atoms with van der Waals surface area (Å²) in [4.78, 5) is 17.6. The van der Waals surface area contributed by atoms with Crippen molar-refractivity contribution in [1.29, 1.82) is 0 Å². The van der Waals surface area contributed by atoms with Crippen molar-refractivity contribution in [3.05, 3.63) is 179 Å². The van der Waals surface area contributed by atoms with Crippen LogP contribution in [0.15, 0.2) is 142 Å². The Balaban J connectivity index is 0.000000200. The lowest BCUT2D eigenvalue weighted by atomic mass is 9.89. The number of nitrogens with zero attached hydrogens (tertiary/aromatic N) is 9. The molecule has 0 amide bonds. The first-order chi connectivity index (χ1) is 32.0. The monoisotopic (exact) mass is 955 g/mol. The van der Waals surface area contributed by atoms with Crippen LogP contribution in [0.1, 0.15) is 63.6 Å². The molecule has 2 atom stereocenters. The SMILES string of the molecule is CS(=O)(=O)Nc1ccc(CC(Cc2ncc(-c3nnc(C(F)F)o3)cn2)c2ccc(F)cc2)cc1.CS(=O)(=O)Nc1ccc(CC(Cc2ncc(C3=NN=NC3)cn2)c2ccc(F)cc2)cc1. The number of aromatic nitrogens is 6. The highest BCUT2D eigenvalue weighted by molar-refractivity contribution is 7.92. The summed E-state index contributed by atoms with van der Waals surface area (Å²) in [5, 5.41) is 18.3. The molecule has 16 nitrogen and oxygen atoms in total. The second kappa shape index (κ2) is 21.3. The number of sulfonamides is 2. The Bertz CT molecular complexity index is 3040. The number of hydrogen-bond acceptors (Lipinski definition) is 14. The number of nitrogens with one attached hydrogen (secondary N) is 2. The van der Waals surface area contributed by atoms with E-state index in [1.165, 1.54) is 36.7 Å². The van der Waals surface area contributed by atoms with Gasteiger partial charge in [-0.05, 0) is 101 Å². The van der Waals surface area contributed by atoms with E-state index in [9.17, 15) is 34.4 Å². The van der Waals surface area contributed by atoms with E-state index in [1.807, 2.05) is 24.3 Å². The van der Waals surface area contributed by atoms with Crippen LogP contribution in [0.3, 0.4) is 0 Å². The Labute approximate surface area is 382 Å². The van der Waals surface area contributed by atoms with E-state index in [4.69, 9.17) is 4.42 Å². The van der Waals surface area contributed by atoms with Crippen LogP contribution in [0.5, 0.6) is 0 Å². The fraction of sp³-hybridized carbons (Fsp3) is 0.222. The van der Waals surface area contributed by atoms with Gasteiger partial charge in [-0.15, -0.1) is 15.3 Å². The first-order valence-electron chi connectivity index (χ1n) is 20.3. The van der Waals surface area contributed by atoms with Gasteiger partial charge in [0, 0.05) is 54.6 Å². The van der Waals surface area contributed by atoms with Crippen LogP contribution in [0, 0.1) is 11.6 Å². The van der Waals surface area contributed by atoms with Crippen molar-refractivity contribution in [2.45, 2.75) is 43.9 Å². The van der Waals surface area contributed by atoms with Crippen LogP contribution in [0.25, 0.3) is 11.5 Å². The van der Waals surface area contributed by atoms with Gasteiger partial charge in [0.2, 0.25) is 20.0 Å². The summed E-state index contributed by atoms with van der Waals surface area (Å²) in [5.41, 5.74) is 6.55. The maximum atomic E-state index is 13.5. The minimum absolute atomic E-state index is 0.00369. The van der Waals surface area contributed by atoms with Crippen molar-refractivity contribution in [2.24, 2.45) is 15.4 Å². The van der Waals surface area contributed by atoms with E-state index < -0.39 is 32.4 Å². The average molecular weight is 956 g/mol. The molecule has 0 bridgehead atoms. The van der Waals surface area contributed by atoms with Gasteiger partial charge < -0.3 is 4.42 Å². The lowest BCUT2D eigenvalue weighted by Crippen LogP contribution is -2.11. The van der Waals surface area contributed by atoms with Crippen molar-refractivity contribution in [1.82, 2.24) is 30.1 Å². The van der Waals surface area contributed by atoms with Gasteiger partial charge in [-0.3, -0.25) is 9.44 Å². The van der Waals surface area contributed by atoms with E-state index in [-0.39, 0.29) is 29.4 Å². The summed E-state index contributed by atoms with van der Waals surface area (Å²) in [6.07, 6.45) is 7.73. The minimum atomic E-state index is -3.38. The summed E-state index contributed by atoms with van der Waals surface area (Å²) in [5.74, 6) is -0.515. The van der Waals surface area contributed by atoms with Crippen LogP contribution in [0.4, 0.5) is 28.9 Å². The third-order valence-electron chi connectivity index (χ3n) is 10.1. The van der Waals surface area contributed by atoms with Crippen LogP contribution in [0.2, 0.25) is 0 Å². The quantitative estimate of drug-likeness (QED) is 0.0827. The van der Waals surface area contributed by atoms with E-state index in [0.29, 0.717) is 60.8 Å². The second-order valence-corrected chi connectivity index (χ2v) is 18.9. The van der Waals surface area contributed by atoms with Gasteiger partial charge in [0.25, 0.3) is 11.8 Å². The normalized spacial score (nSPS) is 13.4. The predicted molar refractivity (Wildman–Crippen MR) is 241 cm³/mol. The molecule has 22 heteroatoms. The first-order valence-corrected chi connectivity index (χ1v) is 24.1. The van der Waals surface area contributed by atoms with Crippen molar-refractivity contribution in [3.8, 4) is 11.5 Å². The van der Waals surface area contributed by atoms with Gasteiger partial charge in [0.05, 0.1) is 23.8 Å². The highest BCUT2D eigenvalue weighted by Crippen LogP contribution is 2.28. The van der Waals surface area contributed by atoms with Crippen LogP contribution in [-0.2, 0) is 45.7 Å². The van der Waals surface area contributed by atoms with Gasteiger partial charge in [-0.1, -0.05) is 48.5 Å². The van der Waals surface area contributed by atoms with E-state index in [0.717, 1.165) is 46.0 Å². The highest BCUT2D eigenvalue weighted by Gasteiger charge is 2.20. The number of anilines is 2. The third kappa shape index (κ3) is 14.3. The number of rotatable bonds is 17. The summed E-state index contributed by atoms with van der Waals surface area (Å²) < 4.78 is 108. The molecule has 1 aliphatic heterocycles. The fourth-order valence-corrected chi connectivity index (χ4v) is 8.05. The van der Waals surface area contributed by atoms with Gasteiger partial charge >= 0.3 is 6.43 Å². The molecule has 0 aliphatic carbocycles. The Hall–Kier alpha value is -7.33. The first kappa shape index (κ1) is 47.6. The van der Waals surface area contributed by atoms with E-state index >= 15 is 0 Å². The molecule has 0 radical (unpaired) electrons. The third-order valence-corrected chi connectivity index (χ3v) is 11.3. The summed E-state index contributed by atoms with van der Waals surface area (Å²) in [6.45, 7) is 0.422. The summed E-state index contributed by atoms with van der Waals surface area (Å²) in [6, 6.07) is 26.7. The Morgan fingerprint density at radius 2 is 1.01 bits per heavy atom. The molecule has 7 aromatic rings. The molecule has 0 saturated carbocycles. The standard InChI is InChI=1S/C23H20F3N5O3S.C22H21FN6O2S/c1-35(32,33)31-19-8-2-14(3-9-19)10-16(15-4-6-18(24)7-5-15)11-20-27-12-17(13-28-20)22-29-30-23(34-22)21(25)26;1-32(30,31)28-20-8-2-15(3-9-20)10-17(16-4-6-19(23)7-5-16)11-22-24-12-18(13-25-22)21-14-26-29-27-21/h2-9,12-13,16,21,31H,10-11H2,1H3;2-9,12-13,17,28H,10-11,14H2,1H3. The largest absolute Gasteiger partial charge is 0.415 e. The Morgan fingerprint density at radius 1 is 0.582 bits per heavy atom. The molecule has 0 fully saturated rings. The summed E-state index contributed by atoms with van der Waals surface area (Å²) >= 11 is 0. The van der Waals surface area contributed by atoms with Crippen LogP contribution >= 0.6 is 0 Å². The molecule has 0 saturated heterocycles. The van der Waals surface area contributed by atoms with Crippen molar-refractivity contribution in [3.63, 3.8) is 0 Å². The number of alkyl halides is 2.